The zero-order valence-corrected chi connectivity index (χ0v) is 11.2. The summed E-state index contributed by atoms with van der Waals surface area (Å²) in [6, 6.07) is -0.627. The molecule has 0 unspecified atom stereocenters. The summed E-state index contributed by atoms with van der Waals surface area (Å²) in [5.41, 5.74) is 5.52. The number of hydrogen-bond donors (Lipinski definition) is 2. The van der Waals surface area contributed by atoms with E-state index in [1.165, 1.54) is 0 Å². The number of carbonyl (C=O) groups excluding carboxylic acids is 1. The highest BCUT2D eigenvalue weighted by molar-refractivity contribution is 7.98. The van der Waals surface area contributed by atoms with E-state index in [4.69, 9.17) is 5.73 Å². The van der Waals surface area contributed by atoms with Crippen LogP contribution in [0, 0.1) is 0 Å². The normalized spacial score (nSPS) is 12.8. The molecule has 0 aromatic rings. The molecule has 0 aliphatic carbocycles. The summed E-state index contributed by atoms with van der Waals surface area (Å²) in [7, 11) is 0. The number of carbonyl (C=O) groups is 1. The van der Waals surface area contributed by atoms with Crippen molar-refractivity contribution in [3.63, 3.8) is 0 Å². The van der Waals surface area contributed by atoms with Crippen LogP contribution >= 0.6 is 24.2 Å². The Hall–Kier alpha value is -0.140. The summed E-state index contributed by atoms with van der Waals surface area (Å²) >= 11 is 1.57. The third kappa shape index (κ3) is 12.1. The van der Waals surface area contributed by atoms with Gasteiger partial charge in [0, 0.05) is 13.0 Å². The molecule has 0 aromatic heterocycles. The molecule has 0 rings (SSSR count). The highest BCUT2D eigenvalue weighted by Gasteiger charge is 2.26. The molecule has 0 saturated heterocycles. The van der Waals surface area contributed by atoms with E-state index in [0.29, 0.717) is 6.42 Å². The van der Waals surface area contributed by atoms with Gasteiger partial charge in [0.15, 0.2) is 0 Å². The van der Waals surface area contributed by atoms with Crippen molar-refractivity contribution in [3.8, 4) is 0 Å². The fourth-order valence-electron chi connectivity index (χ4n) is 1.01. The van der Waals surface area contributed by atoms with Gasteiger partial charge < -0.3 is 11.1 Å². The van der Waals surface area contributed by atoms with Crippen LogP contribution in [0.1, 0.15) is 19.3 Å². The van der Waals surface area contributed by atoms with Gasteiger partial charge in [0.05, 0.1) is 6.04 Å². The molecule has 8 heteroatoms. The lowest BCUT2D eigenvalue weighted by atomic mass is 10.2. The van der Waals surface area contributed by atoms with Crippen LogP contribution in [-0.4, -0.2) is 36.7 Å². The third-order valence-electron chi connectivity index (χ3n) is 1.91. The van der Waals surface area contributed by atoms with Crippen LogP contribution in [0.15, 0.2) is 0 Å². The molecular formula is C9H18ClF3N2OS. The van der Waals surface area contributed by atoms with E-state index in [-0.39, 0.29) is 31.3 Å². The number of thioether (sulfide) groups is 1. The first-order chi connectivity index (χ1) is 7.37. The first kappa shape index (κ1) is 19.2. The van der Waals surface area contributed by atoms with Gasteiger partial charge in [0.1, 0.15) is 0 Å². The number of amides is 1. The van der Waals surface area contributed by atoms with Crippen molar-refractivity contribution in [2.75, 3.05) is 18.6 Å². The van der Waals surface area contributed by atoms with Crippen LogP contribution in [0.5, 0.6) is 0 Å². The van der Waals surface area contributed by atoms with Gasteiger partial charge in [-0.3, -0.25) is 4.79 Å². The van der Waals surface area contributed by atoms with E-state index in [1.807, 2.05) is 6.26 Å². The van der Waals surface area contributed by atoms with Crippen molar-refractivity contribution in [2.24, 2.45) is 5.73 Å². The van der Waals surface area contributed by atoms with Crippen LogP contribution in [-0.2, 0) is 4.79 Å². The number of hydrogen-bond acceptors (Lipinski definition) is 3. The van der Waals surface area contributed by atoms with Crippen molar-refractivity contribution in [3.05, 3.63) is 0 Å². The van der Waals surface area contributed by atoms with Crippen molar-refractivity contribution in [2.45, 2.75) is 31.5 Å². The van der Waals surface area contributed by atoms with Gasteiger partial charge in [0.2, 0.25) is 5.91 Å². The Bertz CT molecular complexity index is 217. The second-order valence-corrected chi connectivity index (χ2v) is 4.38. The molecule has 0 aliphatic heterocycles. The molecule has 0 heterocycles. The van der Waals surface area contributed by atoms with E-state index in [1.54, 1.807) is 11.8 Å². The van der Waals surface area contributed by atoms with Gasteiger partial charge in [-0.2, -0.15) is 24.9 Å². The SMILES string of the molecule is CSCC[C@H](N)C(=O)NCCCC(F)(F)F.Cl. The predicted octanol–water partition coefficient (Wildman–Crippen LogP) is 1.95. The van der Waals surface area contributed by atoms with Crippen molar-refractivity contribution >= 4 is 30.1 Å². The van der Waals surface area contributed by atoms with E-state index >= 15 is 0 Å². The second-order valence-electron chi connectivity index (χ2n) is 3.40. The van der Waals surface area contributed by atoms with Crippen LogP contribution < -0.4 is 11.1 Å². The van der Waals surface area contributed by atoms with Crippen LogP contribution in [0.4, 0.5) is 13.2 Å². The molecule has 0 spiro atoms. The fourth-order valence-corrected chi connectivity index (χ4v) is 1.50. The molecule has 1 amide bonds. The molecule has 0 fully saturated rings. The lowest BCUT2D eigenvalue weighted by molar-refractivity contribution is -0.136. The Morgan fingerprint density at radius 3 is 2.53 bits per heavy atom. The summed E-state index contributed by atoms with van der Waals surface area (Å²) < 4.78 is 35.3. The van der Waals surface area contributed by atoms with Crippen LogP contribution in [0.3, 0.4) is 0 Å². The van der Waals surface area contributed by atoms with Gasteiger partial charge in [-0.1, -0.05) is 0 Å². The summed E-state index contributed by atoms with van der Waals surface area (Å²) in [5, 5.41) is 2.39. The zero-order valence-electron chi connectivity index (χ0n) is 9.55. The number of alkyl halides is 3. The lowest BCUT2D eigenvalue weighted by Crippen LogP contribution is -2.41. The quantitative estimate of drug-likeness (QED) is 0.706. The molecule has 3 N–H and O–H groups in total. The minimum atomic E-state index is -4.16. The Kier molecular flexibility index (Phi) is 11.1. The van der Waals surface area contributed by atoms with Gasteiger partial charge >= 0.3 is 6.18 Å². The molecule has 0 aromatic carbocycles. The lowest BCUT2D eigenvalue weighted by Gasteiger charge is -2.12. The highest BCUT2D eigenvalue weighted by atomic mass is 35.5. The van der Waals surface area contributed by atoms with E-state index in [9.17, 15) is 18.0 Å². The summed E-state index contributed by atoms with van der Waals surface area (Å²) in [4.78, 5) is 11.2. The van der Waals surface area contributed by atoms with Crippen LogP contribution in [0.2, 0.25) is 0 Å². The highest BCUT2D eigenvalue weighted by Crippen LogP contribution is 2.20. The Labute approximate surface area is 109 Å². The summed E-state index contributed by atoms with van der Waals surface area (Å²) in [6.07, 6.45) is -2.72. The second kappa shape index (κ2) is 9.85. The third-order valence-corrected chi connectivity index (χ3v) is 2.55. The average Bonchev–Trinajstić information content (AvgIpc) is 2.19. The van der Waals surface area contributed by atoms with Crippen molar-refractivity contribution in [1.82, 2.24) is 5.32 Å². The Morgan fingerprint density at radius 2 is 2.06 bits per heavy atom. The Morgan fingerprint density at radius 1 is 1.47 bits per heavy atom. The molecule has 0 bridgehead atoms. The molecule has 0 aliphatic rings. The van der Waals surface area contributed by atoms with Crippen molar-refractivity contribution in [1.29, 1.82) is 0 Å². The number of halogens is 4. The van der Waals surface area contributed by atoms with Crippen molar-refractivity contribution < 1.29 is 18.0 Å². The summed E-state index contributed by atoms with van der Waals surface area (Å²) in [6.45, 7) is 0.0192. The summed E-state index contributed by atoms with van der Waals surface area (Å²) in [5.74, 6) is 0.383. The minimum Gasteiger partial charge on any atom is -0.355 e. The molecular weight excluding hydrogens is 277 g/mol. The number of nitrogens with one attached hydrogen (secondary N) is 1. The van der Waals surface area contributed by atoms with Gasteiger partial charge in [0.25, 0.3) is 0 Å². The maximum Gasteiger partial charge on any atom is 0.389 e. The first-order valence-corrected chi connectivity index (χ1v) is 6.35. The largest absolute Gasteiger partial charge is 0.389 e. The van der Waals surface area contributed by atoms with Crippen LogP contribution in [0.25, 0.3) is 0 Å². The average molecular weight is 295 g/mol. The van der Waals surface area contributed by atoms with E-state index in [2.05, 4.69) is 5.32 Å². The predicted molar refractivity (Wildman–Crippen MR) is 66.5 cm³/mol. The minimum absolute atomic E-state index is 0. The maximum absolute atomic E-state index is 11.8. The first-order valence-electron chi connectivity index (χ1n) is 4.96. The molecule has 1 atom stereocenters. The van der Waals surface area contributed by atoms with Gasteiger partial charge in [-0.05, 0) is 24.9 Å². The zero-order chi connectivity index (χ0) is 12.6. The van der Waals surface area contributed by atoms with E-state index in [0.717, 1.165) is 5.75 Å². The molecule has 3 nitrogen and oxygen atoms in total. The monoisotopic (exact) mass is 294 g/mol. The Balaban J connectivity index is 0. The number of rotatable bonds is 7. The molecule has 17 heavy (non-hydrogen) atoms. The smallest absolute Gasteiger partial charge is 0.355 e. The van der Waals surface area contributed by atoms with E-state index < -0.39 is 18.6 Å². The molecule has 104 valence electrons. The van der Waals surface area contributed by atoms with Gasteiger partial charge in [-0.15, -0.1) is 12.4 Å². The standard InChI is InChI=1S/C9H17F3N2OS.ClH/c1-16-6-3-7(13)8(15)14-5-2-4-9(10,11)12;/h7H,2-6,13H2,1H3,(H,14,15);1H/t7-;/m0./s1. The fraction of sp³-hybridized carbons (Fsp3) is 0.889. The van der Waals surface area contributed by atoms with Gasteiger partial charge in [-0.25, -0.2) is 0 Å². The number of nitrogens with two attached hydrogens (primary N) is 1. The topological polar surface area (TPSA) is 55.1 Å². The molecule has 0 radical (unpaired) electrons. The maximum atomic E-state index is 11.8. The molecule has 0 saturated carbocycles.